The summed E-state index contributed by atoms with van der Waals surface area (Å²) in [5.41, 5.74) is 6.56. The number of ether oxygens (including phenoxy) is 1. The maximum atomic E-state index is 13.4. The first kappa shape index (κ1) is 39.9. The van der Waals surface area contributed by atoms with Gasteiger partial charge in [-0.25, -0.2) is 9.97 Å². The van der Waals surface area contributed by atoms with Crippen molar-refractivity contribution in [2.24, 2.45) is 0 Å². The normalized spacial score (nSPS) is 20.1. The van der Waals surface area contributed by atoms with Gasteiger partial charge in [0.2, 0.25) is 5.91 Å². The minimum atomic E-state index is -0.463. The number of aromatic amines is 1. The van der Waals surface area contributed by atoms with Crippen molar-refractivity contribution in [1.82, 2.24) is 30.2 Å². The predicted octanol–water partition coefficient (Wildman–Crippen LogP) is -9.80. The van der Waals surface area contributed by atoms with Crippen molar-refractivity contribution in [2.75, 3.05) is 23.3 Å². The summed E-state index contributed by atoms with van der Waals surface area (Å²) in [7, 11) is 25.4. The lowest BCUT2D eigenvalue weighted by atomic mass is 9.30. The Hall–Kier alpha value is -3.83. The molecule has 3 N–H and O–H groups in total. The Bertz CT molecular complexity index is 2100. The molecule has 0 aliphatic carbocycles. The van der Waals surface area contributed by atoms with Gasteiger partial charge in [-0.05, 0) is 70.9 Å². The largest absolute Gasteiger partial charge is 0.402 e. The first-order valence-corrected chi connectivity index (χ1v) is 19.1. The van der Waals surface area contributed by atoms with E-state index in [-0.39, 0.29) is 17.9 Å². The zero-order valence-electron chi connectivity index (χ0n) is 34.2. The summed E-state index contributed by atoms with van der Waals surface area (Å²) < 4.78 is 6.75. The molecular weight excluding hydrogens is 662 g/mol. The van der Waals surface area contributed by atoms with Crippen molar-refractivity contribution in [1.29, 1.82) is 0 Å². The van der Waals surface area contributed by atoms with Crippen LogP contribution in [0.1, 0.15) is 28.9 Å². The Labute approximate surface area is 329 Å². The van der Waals surface area contributed by atoms with Gasteiger partial charge in [0.15, 0.2) is 0 Å². The van der Waals surface area contributed by atoms with E-state index in [0.717, 1.165) is 75.9 Å². The van der Waals surface area contributed by atoms with E-state index >= 15 is 0 Å². The first-order valence-electron chi connectivity index (χ1n) is 19.1. The zero-order chi connectivity index (χ0) is 39.4. The Kier molecular flexibility index (Phi) is 10.8. The van der Waals surface area contributed by atoms with Gasteiger partial charge in [-0.15, -0.1) is 5.37 Å². The molecule has 11 nitrogen and oxygen atoms in total. The van der Waals surface area contributed by atoms with Crippen LogP contribution in [0.2, 0.25) is 0 Å². The maximum absolute atomic E-state index is 13.4. The highest BCUT2D eigenvalue weighted by atomic mass is 16.5. The minimum Gasteiger partial charge on any atom is -0.402 e. The van der Waals surface area contributed by atoms with Crippen LogP contribution in [0.4, 0.5) is 11.5 Å². The third-order valence-corrected chi connectivity index (χ3v) is 12.4. The molecule has 0 radical (unpaired) electrons. The van der Waals surface area contributed by atoms with Gasteiger partial charge in [0, 0.05) is 47.5 Å². The number of nitrogens with zero attached hydrogens (tertiary/aromatic N) is 5. The maximum Gasteiger partial charge on any atom is 0.274 e. The van der Waals surface area contributed by atoms with Crippen LogP contribution in [0.15, 0.2) is 59.8 Å². The van der Waals surface area contributed by atoms with Crippen LogP contribution in [0.3, 0.4) is 0 Å². The monoisotopic (exact) mass is 710 g/mol. The quantitative estimate of drug-likeness (QED) is 0.122. The highest BCUT2D eigenvalue weighted by Crippen LogP contribution is 2.44. The molecule has 0 unspecified atom stereocenters. The van der Waals surface area contributed by atoms with Crippen molar-refractivity contribution < 1.29 is 14.3 Å². The molecule has 54 heavy (non-hydrogen) atoms. The van der Waals surface area contributed by atoms with Crippen molar-refractivity contribution in [2.45, 2.75) is 46.9 Å². The molecule has 2 aliphatic rings. The molecule has 1 aromatic carbocycles. The third-order valence-electron chi connectivity index (χ3n) is 12.4. The Balaban J connectivity index is 1.17. The van der Waals surface area contributed by atoms with E-state index in [4.69, 9.17) is 9.72 Å². The van der Waals surface area contributed by atoms with Gasteiger partial charge in [-0.2, -0.15) is 0 Å². The van der Waals surface area contributed by atoms with Gasteiger partial charge >= 0.3 is 0 Å². The van der Waals surface area contributed by atoms with E-state index in [1.807, 2.05) is 59.9 Å². The summed E-state index contributed by atoms with van der Waals surface area (Å²) in [4.78, 5) is 48.3. The lowest BCUT2D eigenvalue weighted by Gasteiger charge is -2.69. The molecule has 2 aliphatic heterocycles. The number of hydrogen-bond donors (Lipinski definition) is 3. The number of H-pyrrole nitrogens is 1. The summed E-state index contributed by atoms with van der Waals surface area (Å²) in [6.07, 6.45) is 5.28. The Morgan fingerprint density at radius 1 is 0.926 bits per heavy atom. The number of aromatic nitrogens is 4. The number of morpholine rings is 1. The summed E-state index contributed by atoms with van der Waals surface area (Å²) >= 11 is 0. The van der Waals surface area contributed by atoms with Gasteiger partial charge in [-0.3, -0.25) is 19.5 Å². The van der Waals surface area contributed by atoms with Crippen molar-refractivity contribution in [3.8, 4) is 11.3 Å². The second-order valence-electron chi connectivity index (χ2n) is 17.4. The van der Waals surface area contributed by atoms with Crippen molar-refractivity contribution >= 4 is 134 Å². The van der Waals surface area contributed by atoms with E-state index < -0.39 is 21.5 Å². The number of piperidine rings is 1. The highest BCUT2D eigenvalue weighted by Gasteiger charge is 2.59. The smallest absolute Gasteiger partial charge is 0.274 e. The Morgan fingerprint density at radius 2 is 1.59 bits per heavy atom. The van der Waals surface area contributed by atoms with Crippen molar-refractivity contribution in [3.05, 3.63) is 71.0 Å². The van der Waals surface area contributed by atoms with E-state index in [1.54, 1.807) is 12.5 Å². The lowest BCUT2D eigenvalue weighted by molar-refractivity contribution is -0.117. The fourth-order valence-corrected chi connectivity index (χ4v) is 7.97. The number of carbonyl (C=O) groups excluding carboxylic acids is 2. The van der Waals surface area contributed by atoms with Gasteiger partial charge in [0.05, 0.1) is 5.39 Å². The first-order chi connectivity index (χ1) is 25.2. The fraction of sp³-hybridized carbons (Fsp3) is 0.323. The molecule has 6 rings (SSSR count). The van der Waals surface area contributed by atoms with E-state index in [9.17, 15) is 9.59 Å². The molecular formula is C31H46B12N8O3. The summed E-state index contributed by atoms with van der Waals surface area (Å²) in [6.45, 7) is 2.38. The highest BCUT2D eigenvalue weighted by molar-refractivity contribution is 6.61. The number of nitrogens with one attached hydrogen (secondary N) is 3. The summed E-state index contributed by atoms with van der Waals surface area (Å²) in [5.74, 6) is 0.608. The van der Waals surface area contributed by atoms with Crippen molar-refractivity contribution in [3.63, 3.8) is 0 Å². The molecule has 2 saturated heterocycles. The second kappa shape index (κ2) is 14.7. The molecule has 2 amide bonds. The number of amides is 2. The number of carbonyl (C=O) groups is 2. The average Bonchev–Trinajstić information content (AvgIpc) is 3.44. The third kappa shape index (κ3) is 7.42. The van der Waals surface area contributed by atoms with Gasteiger partial charge in [0.25, 0.3) is 5.91 Å². The fourth-order valence-electron chi connectivity index (χ4n) is 7.97. The number of benzene rings is 1. The number of hydrogen-bond acceptors (Lipinski definition) is 8. The predicted molar refractivity (Wildman–Crippen MR) is 252 cm³/mol. The number of pyridine rings is 1. The van der Waals surface area contributed by atoms with Gasteiger partial charge in [0.1, 0.15) is 118 Å². The minimum absolute atomic E-state index is 0.00285. The molecule has 1 atom stereocenters. The molecule has 264 valence electrons. The molecule has 23 heteroatoms. The summed E-state index contributed by atoms with van der Waals surface area (Å²) in [6, 6.07) is 11.7. The molecule has 0 bridgehead atoms. The molecule has 2 fully saturated rings. The van der Waals surface area contributed by atoms with Crippen LogP contribution in [-0.4, -0.2) is 171 Å². The Morgan fingerprint density at radius 3 is 2.24 bits per heavy atom. The zero-order valence-corrected chi connectivity index (χ0v) is 34.2. The molecule has 0 saturated carbocycles. The summed E-state index contributed by atoms with van der Waals surface area (Å²) in [5, 5.41) is 6.51. The van der Waals surface area contributed by atoms with Crippen LogP contribution >= 0.6 is 0 Å². The topological polar surface area (TPSA) is 128 Å². The average molecular weight is 709 g/mol. The number of anilines is 2. The van der Waals surface area contributed by atoms with Crippen LogP contribution < -0.4 is 21.0 Å². The molecule has 5 heterocycles. The molecule has 3 aromatic heterocycles. The van der Waals surface area contributed by atoms with Crippen LogP contribution in [0.5, 0.6) is 0 Å². The SMILES string of the molecule is BC(B)=C(B)C(=O)N[C@H]1CCCN(Cc2ccnc(C(=O)Nc3ccc(-c4[nH]c5ncnc(N6C(B)(B)C(B)(B)OC(B)(B)C6(B)B)c5c4B)cc3)c2)C1. The van der Waals surface area contributed by atoms with Gasteiger partial charge in [-0.1, -0.05) is 17.6 Å². The van der Waals surface area contributed by atoms with Gasteiger partial charge < -0.3 is 25.3 Å². The van der Waals surface area contributed by atoms with Crippen LogP contribution in [-0.2, 0) is 16.1 Å². The second-order valence-corrected chi connectivity index (χ2v) is 17.4. The van der Waals surface area contributed by atoms with Crippen LogP contribution in [0.25, 0.3) is 22.3 Å². The number of likely N-dealkylation sites (tertiary alicyclic amines) is 1. The van der Waals surface area contributed by atoms with E-state index in [1.165, 1.54) is 0 Å². The molecule has 4 aromatic rings. The standard InChI is InChI=1S/C31H46B12N8O3/c32-20-19-24(45-13-46-25(19)51-28(36,37)30(40,41)54-31(42,43)29(51,38)39)49-22(20)15-3-5-16(6-4-15)47-26(52)18-10-14(7-8-44-18)11-50-9-1-2-17(12-50)48-27(53)21(33)23(34)35/h3-8,10,13,17H,1-2,9,11-12,32-43H2,(H,47,52)(H,48,53)(H,45,46,49)/t17-/m0/s1. The number of fused-ring (bicyclic) bond motifs is 1. The van der Waals surface area contributed by atoms with E-state index in [0.29, 0.717) is 17.9 Å². The van der Waals surface area contributed by atoms with Crippen LogP contribution in [0, 0.1) is 0 Å². The molecule has 0 spiro atoms. The number of rotatable bonds is 8. The lowest BCUT2D eigenvalue weighted by Crippen LogP contribution is -2.86. The van der Waals surface area contributed by atoms with E-state index in [2.05, 4.69) is 106 Å².